The topological polar surface area (TPSA) is 59.4 Å². The van der Waals surface area contributed by atoms with Crippen LogP contribution < -0.4 is 4.74 Å². The number of hydrogen-bond donors (Lipinski definition) is 1. The maximum Gasteiger partial charge on any atom is 0.328 e. The van der Waals surface area contributed by atoms with Crippen molar-refractivity contribution in [1.82, 2.24) is 4.98 Å². The molecule has 0 aliphatic carbocycles. The molecule has 0 aliphatic heterocycles. The normalized spacial score (nSPS) is 11.1. The van der Waals surface area contributed by atoms with Crippen molar-refractivity contribution in [3.63, 3.8) is 0 Å². The Morgan fingerprint density at radius 3 is 2.73 bits per heavy atom. The number of carbonyl (C=O) groups is 1. The first-order chi connectivity index (χ1) is 10.6. The first-order valence-electron chi connectivity index (χ1n) is 6.35. The summed E-state index contributed by atoms with van der Waals surface area (Å²) in [7, 11) is 0. The van der Waals surface area contributed by atoms with Gasteiger partial charge in [0.15, 0.2) is 0 Å². The van der Waals surface area contributed by atoms with Crippen LogP contribution in [0.5, 0.6) is 10.9 Å². The van der Waals surface area contributed by atoms with Crippen molar-refractivity contribution in [2.75, 3.05) is 0 Å². The Morgan fingerprint density at radius 2 is 2.00 bits per heavy atom. The Kier molecular flexibility index (Phi) is 4.09. The van der Waals surface area contributed by atoms with Gasteiger partial charge in [0.2, 0.25) is 0 Å². The molecular formula is C16H10ClNO3S. The lowest BCUT2D eigenvalue weighted by molar-refractivity contribution is -0.131. The zero-order chi connectivity index (χ0) is 15.5. The van der Waals surface area contributed by atoms with E-state index in [1.54, 1.807) is 30.3 Å². The van der Waals surface area contributed by atoms with Crippen molar-refractivity contribution < 1.29 is 14.6 Å². The smallest absolute Gasteiger partial charge is 0.328 e. The first kappa shape index (κ1) is 14.6. The summed E-state index contributed by atoms with van der Waals surface area (Å²) in [6.07, 6.45) is 2.61. The summed E-state index contributed by atoms with van der Waals surface area (Å²) < 4.78 is 6.67. The number of fused-ring (bicyclic) bond motifs is 1. The minimum absolute atomic E-state index is 0.533. The van der Waals surface area contributed by atoms with Crippen molar-refractivity contribution in [2.24, 2.45) is 0 Å². The second-order valence-corrected chi connectivity index (χ2v) is 5.86. The number of carboxylic acid groups (broad SMARTS) is 1. The van der Waals surface area contributed by atoms with Crippen molar-refractivity contribution >= 4 is 45.2 Å². The van der Waals surface area contributed by atoms with Crippen LogP contribution in [0.25, 0.3) is 16.3 Å². The molecule has 0 atom stereocenters. The zero-order valence-corrected chi connectivity index (χ0v) is 12.8. The molecule has 1 heterocycles. The number of hydrogen-bond acceptors (Lipinski definition) is 4. The Morgan fingerprint density at radius 1 is 1.23 bits per heavy atom. The van der Waals surface area contributed by atoms with E-state index in [0.717, 1.165) is 21.9 Å². The van der Waals surface area contributed by atoms with Gasteiger partial charge in [-0.1, -0.05) is 35.1 Å². The second kappa shape index (κ2) is 6.17. The molecule has 0 unspecified atom stereocenters. The average Bonchev–Trinajstić information content (AvgIpc) is 2.87. The van der Waals surface area contributed by atoms with Crippen LogP contribution in [0.3, 0.4) is 0 Å². The molecule has 6 heteroatoms. The van der Waals surface area contributed by atoms with E-state index >= 15 is 0 Å². The molecule has 0 saturated heterocycles. The van der Waals surface area contributed by atoms with E-state index in [9.17, 15) is 4.79 Å². The van der Waals surface area contributed by atoms with E-state index in [4.69, 9.17) is 21.4 Å². The summed E-state index contributed by atoms with van der Waals surface area (Å²) in [4.78, 5) is 14.8. The predicted octanol–water partition coefficient (Wildman–Crippen LogP) is 4.84. The van der Waals surface area contributed by atoms with Gasteiger partial charge < -0.3 is 9.84 Å². The molecule has 3 aromatic rings. The molecule has 1 aromatic heterocycles. The average molecular weight is 332 g/mol. The number of carboxylic acids is 1. The minimum atomic E-state index is -0.978. The number of rotatable bonds is 4. The Bertz CT molecular complexity index is 855. The van der Waals surface area contributed by atoms with Crippen LogP contribution in [-0.2, 0) is 4.79 Å². The number of aliphatic carboxylic acids is 1. The Hall–Kier alpha value is -2.37. The molecule has 3 rings (SSSR count). The fraction of sp³-hybridized carbons (Fsp3) is 0. The van der Waals surface area contributed by atoms with Gasteiger partial charge in [0.25, 0.3) is 5.19 Å². The molecule has 0 spiro atoms. The number of halogens is 1. The van der Waals surface area contributed by atoms with E-state index in [2.05, 4.69) is 4.98 Å². The van der Waals surface area contributed by atoms with Crippen LogP contribution in [-0.4, -0.2) is 16.1 Å². The fourth-order valence-electron chi connectivity index (χ4n) is 1.84. The van der Waals surface area contributed by atoms with Gasteiger partial charge in [0.1, 0.15) is 5.75 Å². The highest BCUT2D eigenvalue weighted by Gasteiger charge is 2.06. The standard InChI is InChI=1S/C16H10ClNO3S/c17-11-4-7-13-14(9-11)22-16(18-13)21-12-5-1-10(2-6-12)3-8-15(19)20/h1-9H,(H,19,20). The van der Waals surface area contributed by atoms with E-state index in [1.807, 2.05) is 12.1 Å². The number of thiazole rings is 1. The number of ether oxygens (including phenoxy) is 1. The number of nitrogens with zero attached hydrogens (tertiary/aromatic N) is 1. The summed E-state index contributed by atoms with van der Waals surface area (Å²) in [5, 5.41) is 9.78. The molecule has 0 bridgehead atoms. The molecule has 0 fully saturated rings. The molecule has 110 valence electrons. The van der Waals surface area contributed by atoms with Crippen LogP contribution >= 0.6 is 22.9 Å². The van der Waals surface area contributed by atoms with Crippen LogP contribution in [0, 0.1) is 0 Å². The predicted molar refractivity (Wildman–Crippen MR) is 87.8 cm³/mol. The van der Waals surface area contributed by atoms with Gasteiger partial charge in [-0.3, -0.25) is 0 Å². The van der Waals surface area contributed by atoms with Gasteiger partial charge in [-0.15, -0.1) is 0 Å². The van der Waals surface area contributed by atoms with Gasteiger partial charge in [0, 0.05) is 11.1 Å². The summed E-state index contributed by atoms with van der Waals surface area (Å²) in [5.74, 6) is -0.342. The summed E-state index contributed by atoms with van der Waals surface area (Å²) in [6, 6.07) is 12.6. The molecule has 1 N–H and O–H groups in total. The molecule has 0 aliphatic rings. The summed E-state index contributed by atoms with van der Waals surface area (Å²) >= 11 is 7.36. The highest BCUT2D eigenvalue weighted by atomic mass is 35.5. The zero-order valence-electron chi connectivity index (χ0n) is 11.2. The first-order valence-corrected chi connectivity index (χ1v) is 7.54. The van der Waals surface area contributed by atoms with Gasteiger partial charge in [-0.2, -0.15) is 0 Å². The summed E-state index contributed by atoms with van der Waals surface area (Å²) in [6.45, 7) is 0. The van der Waals surface area contributed by atoms with Gasteiger partial charge in [-0.05, 0) is 42.0 Å². The third-order valence-electron chi connectivity index (χ3n) is 2.83. The van der Waals surface area contributed by atoms with Crippen molar-refractivity contribution in [3.8, 4) is 10.9 Å². The van der Waals surface area contributed by atoms with Crippen LogP contribution in [0.4, 0.5) is 0 Å². The maximum absolute atomic E-state index is 10.5. The van der Waals surface area contributed by atoms with Crippen LogP contribution in [0.2, 0.25) is 5.02 Å². The molecule has 0 saturated carbocycles. The van der Waals surface area contributed by atoms with Crippen LogP contribution in [0.15, 0.2) is 48.5 Å². The van der Waals surface area contributed by atoms with Crippen molar-refractivity contribution in [2.45, 2.75) is 0 Å². The quantitative estimate of drug-likeness (QED) is 0.695. The number of aromatic nitrogens is 1. The maximum atomic E-state index is 10.5. The van der Waals surface area contributed by atoms with Crippen molar-refractivity contribution in [1.29, 1.82) is 0 Å². The Labute approximate surface area is 135 Å². The van der Waals surface area contributed by atoms with E-state index in [1.165, 1.54) is 17.4 Å². The lowest BCUT2D eigenvalue weighted by Gasteiger charge is -2.01. The fourth-order valence-corrected chi connectivity index (χ4v) is 2.95. The molecular weight excluding hydrogens is 322 g/mol. The lowest BCUT2D eigenvalue weighted by Crippen LogP contribution is -1.86. The lowest BCUT2D eigenvalue weighted by atomic mass is 10.2. The number of benzene rings is 2. The highest BCUT2D eigenvalue weighted by Crippen LogP contribution is 2.32. The van der Waals surface area contributed by atoms with Gasteiger partial charge >= 0.3 is 5.97 Å². The van der Waals surface area contributed by atoms with E-state index in [-0.39, 0.29) is 0 Å². The van der Waals surface area contributed by atoms with Gasteiger partial charge in [-0.25, -0.2) is 9.78 Å². The van der Waals surface area contributed by atoms with E-state index in [0.29, 0.717) is 16.0 Å². The summed E-state index contributed by atoms with van der Waals surface area (Å²) in [5.41, 5.74) is 1.62. The molecule has 0 radical (unpaired) electrons. The monoisotopic (exact) mass is 331 g/mol. The van der Waals surface area contributed by atoms with Crippen LogP contribution in [0.1, 0.15) is 5.56 Å². The Balaban J connectivity index is 1.78. The second-order valence-electron chi connectivity index (χ2n) is 4.43. The third kappa shape index (κ3) is 3.44. The SMILES string of the molecule is O=C(O)C=Cc1ccc(Oc2nc3ccc(Cl)cc3s2)cc1. The van der Waals surface area contributed by atoms with Crippen molar-refractivity contribution in [3.05, 3.63) is 59.1 Å². The molecule has 4 nitrogen and oxygen atoms in total. The highest BCUT2D eigenvalue weighted by molar-refractivity contribution is 7.20. The minimum Gasteiger partial charge on any atom is -0.478 e. The van der Waals surface area contributed by atoms with Gasteiger partial charge in [0.05, 0.1) is 10.2 Å². The molecule has 22 heavy (non-hydrogen) atoms. The molecule has 2 aromatic carbocycles. The van der Waals surface area contributed by atoms with E-state index < -0.39 is 5.97 Å². The largest absolute Gasteiger partial charge is 0.478 e. The molecule has 0 amide bonds. The third-order valence-corrected chi connectivity index (χ3v) is 3.97.